The van der Waals surface area contributed by atoms with Crippen LogP contribution in [-0.2, 0) is 4.74 Å². The molecule has 2 atom stereocenters. The van der Waals surface area contributed by atoms with E-state index in [4.69, 9.17) is 9.72 Å². The lowest BCUT2D eigenvalue weighted by Gasteiger charge is -2.30. The Morgan fingerprint density at radius 2 is 2.00 bits per heavy atom. The minimum atomic E-state index is -0.425. The molecule has 4 N–H and O–H groups in total. The smallest absolute Gasteiger partial charge is 0.262 e. The van der Waals surface area contributed by atoms with Crippen LogP contribution in [0.25, 0.3) is 32.6 Å². The number of nitrogens with zero attached hydrogens (tertiary/aromatic N) is 2. The van der Waals surface area contributed by atoms with Gasteiger partial charge in [-0.3, -0.25) is 4.79 Å². The van der Waals surface area contributed by atoms with Crippen LogP contribution in [0.5, 0.6) is 0 Å². The number of ether oxygens (including phenoxy) is 1. The van der Waals surface area contributed by atoms with Gasteiger partial charge in [0.1, 0.15) is 16.2 Å². The summed E-state index contributed by atoms with van der Waals surface area (Å²) in [6, 6.07) is 8.08. The van der Waals surface area contributed by atoms with E-state index in [-0.39, 0.29) is 11.6 Å². The number of rotatable bonds is 4. The van der Waals surface area contributed by atoms with Crippen LogP contribution in [0.3, 0.4) is 0 Å². The molecular weight excluding hydrogens is 438 g/mol. The molecule has 0 bridgehead atoms. The van der Waals surface area contributed by atoms with Crippen molar-refractivity contribution in [2.75, 3.05) is 36.5 Å². The zero-order valence-corrected chi connectivity index (χ0v) is 19.1. The van der Waals surface area contributed by atoms with Gasteiger partial charge in [-0.2, -0.15) is 0 Å². The maximum absolute atomic E-state index is 13.2. The molecule has 1 aromatic carbocycles. The minimum absolute atomic E-state index is 0.0836. The van der Waals surface area contributed by atoms with Gasteiger partial charge in [-0.1, -0.05) is 12.8 Å². The summed E-state index contributed by atoms with van der Waals surface area (Å²) in [7, 11) is 0. The summed E-state index contributed by atoms with van der Waals surface area (Å²) in [6.07, 6.45) is 3.32. The molecule has 0 unspecified atom stereocenters. The molecule has 4 aromatic rings. The van der Waals surface area contributed by atoms with E-state index in [9.17, 15) is 9.90 Å². The molecule has 0 radical (unpaired) electrons. The van der Waals surface area contributed by atoms with Gasteiger partial charge in [0.15, 0.2) is 0 Å². The van der Waals surface area contributed by atoms with Crippen LogP contribution in [-0.4, -0.2) is 58.5 Å². The third kappa shape index (κ3) is 3.80. The van der Waals surface area contributed by atoms with Crippen molar-refractivity contribution in [2.45, 2.75) is 37.8 Å². The van der Waals surface area contributed by atoms with E-state index >= 15 is 0 Å². The van der Waals surface area contributed by atoms with Crippen LogP contribution >= 0.6 is 11.3 Å². The van der Waals surface area contributed by atoms with Crippen LogP contribution in [0.4, 0.5) is 11.4 Å². The Balaban J connectivity index is 1.45. The topological polar surface area (TPSA) is 106 Å². The minimum Gasteiger partial charge on any atom is -0.391 e. The Morgan fingerprint density at radius 1 is 1.15 bits per heavy atom. The zero-order chi connectivity index (χ0) is 22.4. The monoisotopic (exact) mass is 465 g/mol. The van der Waals surface area contributed by atoms with Crippen molar-refractivity contribution >= 4 is 44.0 Å². The van der Waals surface area contributed by atoms with Crippen LogP contribution in [0.15, 0.2) is 34.4 Å². The van der Waals surface area contributed by atoms with Gasteiger partial charge >= 0.3 is 0 Å². The molecule has 2 fully saturated rings. The molecule has 1 saturated carbocycles. The molecule has 6 rings (SSSR count). The lowest BCUT2D eigenvalue weighted by Crippen LogP contribution is -2.37. The third-order valence-corrected chi connectivity index (χ3v) is 7.61. The van der Waals surface area contributed by atoms with Crippen LogP contribution in [0.2, 0.25) is 0 Å². The molecule has 1 saturated heterocycles. The highest BCUT2D eigenvalue weighted by Crippen LogP contribution is 2.35. The first-order valence-electron chi connectivity index (χ1n) is 11.6. The predicted octanol–water partition coefficient (Wildman–Crippen LogP) is 3.68. The van der Waals surface area contributed by atoms with E-state index in [2.05, 4.69) is 32.3 Å². The number of imidazole rings is 1. The number of aliphatic hydroxyl groups excluding tert-OH is 1. The van der Waals surface area contributed by atoms with Crippen LogP contribution in [0, 0.1) is 0 Å². The summed E-state index contributed by atoms with van der Waals surface area (Å²) in [5.74, 6) is 0.534. The number of fused-ring (bicyclic) bond motifs is 2. The summed E-state index contributed by atoms with van der Waals surface area (Å²) in [6.45, 7) is 3.17. The van der Waals surface area contributed by atoms with Crippen molar-refractivity contribution in [2.24, 2.45) is 0 Å². The Labute approximate surface area is 194 Å². The van der Waals surface area contributed by atoms with Crippen molar-refractivity contribution in [3.05, 3.63) is 40.0 Å². The van der Waals surface area contributed by atoms with Gasteiger partial charge in [0.05, 0.1) is 42.1 Å². The van der Waals surface area contributed by atoms with E-state index in [0.29, 0.717) is 11.4 Å². The molecule has 0 spiro atoms. The van der Waals surface area contributed by atoms with Gasteiger partial charge in [0.2, 0.25) is 0 Å². The second-order valence-corrected chi connectivity index (χ2v) is 9.77. The number of hydrogen-bond donors (Lipinski definition) is 4. The maximum atomic E-state index is 13.2. The second kappa shape index (κ2) is 8.48. The molecular formula is C24H27N5O3S. The molecule has 1 aliphatic heterocycles. The lowest BCUT2D eigenvalue weighted by atomic mass is 9.92. The molecule has 172 valence electrons. The Morgan fingerprint density at radius 3 is 2.85 bits per heavy atom. The van der Waals surface area contributed by atoms with Crippen molar-refractivity contribution in [3.8, 4) is 11.4 Å². The lowest BCUT2D eigenvalue weighted by molar-refractivity contribution is 0.116. The van der Waals surface area contributed by atoms with Gasteiger partial charge in [-0.05, 0) is 42.5 Å². The number of thiophene rings is 1. The number of pyridine rings is 1. The molecule has 0 amide bonds. The maximum Gasteiger partial charge on any atom is 0.262 e. The SMILES string of the molecule is O=c1[nH]c2sccc2c(N[C@H]2CCCC[C@H]2O)c1-c1nc2ccc(N3CCOCC3)cc2[nH]1. The predicted molar refractivity (Wildman–Crippen MR) is 132 cm³/mol. The fraction of sp³-hybridized carbons (Fsp3) is 0.417. The van der Waals surface area contributed by atoms with Crippen molar-refractivity contribution in [3.63, 3.8) is 0 Å². The summed E-state index contributed by atoms with van der Waals surface area (Å²) in [4.78, 5) is 27.5. The Hall–Kier alpha value is -2.88. The second-order valence-electron chi connectivity index (χ2n) is 8.86. The standard InChI is InChI=1S/C24H27N5O3S/c30-19-4-2-1-3-17(19)25-21-15-7-12-33-24(15)28-23(31)20(21)22-26-16-6-5-14(13-18(16)27-22)29-8-10-32-11-9-29/h5-7,12-13,17,19,30H,1-4,8-11H2,(H,26,27)(H2,25,28,31)/t17-,19+/m0/s1. The molecule has 1 aliphatic carbocycles. The molecule has 9 heteroatoms. The molecule has 4 heterocycles. The average molecular weight is 466 g/mol. The van der Waals surface area contributed by atoms with E-state index in [1.807, 2.05) is 17.5 Å². The molecule has 33 heavy (non-hydrogen) atoms. The average Bonchev–Trinajstić information content (AvgIpc) is 3.47. The fourth-order valence-corrected chi connectivity index (χ4v) is 5.78. The normalized spacial score (nSPS) is 21.7. The number of morpholine rings is 1. The van der Waals surface area contributed by atoms with E-state index in [1.54, 1.807) is 0 Å². The summed E-state index contributed by atoms with van der Waals surface area (Å²) in [5, 5.41) is 17.0. The first-order chi connectivity index (χ1) is 16.2. The molecule has 8 nitrogen and oxygen atoms in total. The number of anilines is 2. The van der Waals surface area contributed by atoms with Gasteiger partial charge in [0.25, 0.3) is 5.56 Å². The van der Waals surface area contributed by atoms with Gasteiger partial charge in [-0.25, -0.2) is 4.98 Å². The summed E-state index contributed by atoms with van der Waals surface area (Å²) in [5.41, 5.74) is 3.87. The Kier molecular flexibility index (Phi) is 5.32. The largest absolute Gasteiger partial charge is 0.391 e. The van der Waals surface area contributed by atoms with Gasteiger partial charge in [-0.15, -0.1) is 11.3 Å². The van der Waals surface area contributed by atoms with Crippen molar-refractivity contribution in [1.29, 1.82) is 0 Å². The van der Waals surface area contributed by atoms with Crippen molar-refractivity contribution in [1.82, 2.24) is 15.0 Å². The number of nitrogens with one attached hydrogen (secondary N) is 3. The quantitative estimate of drug-likeness (QED) is 0.366. The highest BCUT2D eigenvalue weighted by Gasteiger charge is 2.27. The van der Waals surface area contributed by atoms with Crippen LogP contribution in [0.1, 0.15) is 25.7 Å². The van der Waals surface area contributed by atoms with Crippen LogP contribution < -0.4 is 15.8 Å². The van der Waals surface area contributed by atoms with E-state index in [1.165, 1.54) is 11.3 Å². The first kappa shape index (κ1) is 20.7. The highest BCUT2D eigenvalue weighted by molar-refractivity contribution is 7.16. The number of hydrogen-bond acceptors (Lipinski definition) is 7. The number of aromatic nitrogens is 3. The highest BCUT2D eigenvalue weighted by atomic mass is 32.1. The first-order valence-corrected chi connectivity index (χ1v) is 12.5. The van der Waals surface area contributed by atoms with E-state index in [0.717, 1.165) is 84.6 Å². The third-order valence-electron chi connectivity index (χ3n) is 6.78. The number of aromatic amines is 2. The van der Waals surface area contributed by atoms with E-state index < -0.39 is 6.10 Å². The fourth-order valence-electron chi connectivity index (χ4n) is 4.99. The Bertz CT molecular complexity index is 1350. The molecule has 2 aliphatic rings. The zero-order valence-electron chi connectivity index (χ0n) is 18.3. The number of aliphatic hydroxyl groups is 1. The summed E-state index contributed by atoms with van der Waals surface area (Å²) >= 11 is 1.50. The van der Waals surface area contributed by atoms with Crippen molar-refractivity contribution < 1.29 is 9.84 Å². The van der Waals surface area contributed by atoms with Gasteiger partial charge in [0, 0.05) is 24.2 Å². The summed E-state index contributed by atoms with van der Waals surface area (Å²) < 4.78 is 5.47. The number of H-pyrrole nitrogens is 2. The van der Waals surface area contributed by atoms with Gasteiger partial charge < -0.3 is 30.0 Å². The number of benzene rings is 1. The molecule has 3 aromatic heterocycles.